The fraction of sp³-hybridized carbons (Fsp3) is 0.231. The van der Waals surface area contributed by atoms with E-state index in [-0.39, 0.29) is 18.0 Å². The average molecular weight is 446 g/mol. The molecule has 0 radical (unpaired) electrons. The first-order valence-electron chi connectivity index (χ1n) is 10.8. The molecule has 0 aromatic heterocycles. The van der Waals surface area contributed by atoms with Crippen molar-refractivity contribution in [2.24, 2.45) is 0 Å². The Hall–Kier alpha value is -4.00. The molecule has 3 amide bonds. The van der Waals surface area contributed by atoms with Gasteiger partial charge in [-0.05, 0) is 54.8 Å². The number of hydrogen-bond donors (Lipinski definition) is 2. The van der Waals surface area contributed by atoms with E-state index in [1.54, 1.807) is 32.4 Å². The Morgan fingerprint density at radius 2 is 1.73 bits per heavy atom. The highest BCUT2D eigenvalue weighted by atomic mass is 16.5. The van der Waals surface area contributed by atoms with Gasteiger partial charge < -0.3 is 25.0 Å². The molecule has 0 saturated heterocycles. The van der Waals surface area contributed by atoms with E-state index in [4.69, 9.17) is 9.47 Å². The van der Waals surface area contributed by atoms with Gasteiger partial charge in [-0.2, -0.15) is 0 Å². The van der Waals surface area contributed by atoms with E-state index in [1.807, 2.05) is 53.4 Å². The van der Waals surface area contributed by atoms with E-state index in [0.717, 1.165) is 23.2 Å². The molecule has 0 bridgehead atoms. The Balaban J connectivity index is 1.44. The Labute approximate surface area is 193 Å². The van der Waals surface area contributed by atoms with Gasteiger partial charge in [-0.3, -0.25) is 4.79 Å². The van der Waals surface area contributed by atoms with Gasteiger partial charge >= 0.3 is 6.03 Å². The van der Waals surface area contributed by atoms with Gasteiger partial charge in [0.25, 0.3) is 5.91 Å². The molecule has 1 atom stereocenters. The number of carbonyl (C=O) groups excluding carboxylic acids is 2. The number of nitrogens with zero attached hydrogens (tertiary/aromatic N) is 1. The third kappa shape index (κ3) is 4.77. The Morgan fingerprint density at radius 3 is 2.45 bits per heavy atom. The van der Waals surface area contributed by atoms with E-state index in [2.05, 4.69) is 17.6 Å². The zero-order valence-corrected chi connectivity index (χ0v) is 18.9. The number of nitrogens with one attached hydrogen (secondary N) is 2. The van der Waals surface area contributed by atoms with Crippen LogP contribution in [-0.4, -0.2) is 32.2 Å². The molecule has 3 aromatic rings. The maximum Gasteiger partial charge on any atom is 0.319 e. The zero-order chi connectivity index (χ0) is 23.4. The van der Waals surface area contributed by atoms with Crippen molar-refractivity contribution in [3.8, 4) is 11.5 Å². The highest BCUT2D eigenvalue weighted by molar-refractivity contribution is 6.07. The molecule has 0 aliphatic carbocycles. The first kappa shape index (κ1) is 22.2. The van der Waals surface area contributed by atoms with Crippen LogP contribution in [0.2, 0.25) is 0 Å². The second kappa shape index (κ2) is 9.65. The molecule has 0 saturated carbocycles. The van der Waals surface area contributed by atoms with Crippen molar-refractivity contribution >= 4 is 23.3 Å². The summed E-state index contributed by atoms with van der Waals surface area (Å²) in [6.07, 6.45) is 0.807. The third-order valence-electron chi connectivity index (χ3n) is 5.70. The van der Waals surface area contributed by atoms with Gasteiger partial charge in [-0.15, -0.1) is 0 Å². The summed E-state index contributed by atoms with van der Waals surface area (Å²) in [5.41, 5.74) is 4.19. The van der Waals surface area contributed by atoms with Crippen molar-refractivity contribution in [1.29, 1.82) is 0 Å². The molecule has 2 N–H and O–H groups in total. The van der Waals surface area contributed by atoms with Crippen LogP contribution >= 0.6 is 0 Å². The molecule has 1 unspecified atom stereocenters. The van der Waals surface area contributed by atoms with Crippen LogP contribution in [0.3, 0.4) is 0 Å². The molecule has 0 fully saturated rings. The number of benzene rings is 3. The van der Waals surface area contributed by atoms with Crippen LogP contribution in [0.25, 0.3) is 0 Å². The number of hydrogen-bond acceptors (Lipinski definition) is 4. The summed E-state index contributed by atoms with van der Waals surface area (Å²) in [6, 6.07) is 20.2. The summed E-state index contributed by atoms with van der Waals surface area (Å²) in [7, 11) is 3.10. The molecule has 7 heteroatoms. The third-order valence-corrected chi connectivity index (χ3v) is 5.70. The fourth-order valence-electron chi connectivity index (χ4n) is 4.06. The molecule has 4 rings (SSSR count). The molecule has 0 spiro atoms. The largest absolute Gasteiger partial charge is 0.493 e. The lowest BCUT2D eigenvalue weighted by Gasteiger charge is -2.23. The highest BCUT2D eigenvalue weighted by Gasteiger charge is 2.31. The number of rotatable bonds is 6. The standard InChI is InChI=1S/C26H27N3O4/c1-17-13-20-10-9-18(14-22(20)29(17)25(30)19-7-5-4-6-8-19)16-27-26(31)28-21-11-12-23(32-2)24(15-21)33-3/h4-12,14-15,17H,13,16H2,1-3H3,(H2,27,28,31). The smallest absolute Gasteiger partial charge is 0.319 e. The van der Waals surface area contributed by atoms with Gasteiger partial charge in [0, 0.05) is 35.6 Å². The Kier molecular flexibility index (Phi) is 6.49. The molecule has 170 valence electrons. The summed E-state index contributed by atoms with van der Waals surface area (Å²) in [5.74, 6) is 1.11. The molecular formula is C26H27N3O4. The quantitative estimate of drug-likeness (QED) is 0.580. The van der Waals surface area contributed by atoms with Gasteiger partial charge in [0.05, 0.1) is 14.2 Å². The van der Waals surface area contributed by atoms with Crippen LogP contribution in [0.1, 0.15) is 28.4 Å². The van der Waals surface area contributed by atoms with E-state index in [1.165, 1.54) is 0 Å². The summed E-state index contributed by atoms with van der Waals surface area (Å²) >= 11 is 0. The minimum atomic E-state index is -0.340. The number of urea groups is 1. The van der Waals surface area contributed by atoms with Crippen LogP contribution in [0.15, 0.2) is 66.7 Å². The van der Waals surface area contributed by atoms with E-state index < -0.39 is 0 Å². The SMILES string of the molecule is COc1ccc(NC(=O)NCc2ccc3c(c2)N(C(=O)c2ccccc2)C(C)C3)cc1OC. The van der Waals surface area contributed by atoms with Crippen molar-refractivity contribution in [2.75, 3.05) is 24.4 Å². The zero-order valence-electron chi connectivity index (χ0n) is 18.9. The number of ether oxygens (including phenoxy) is 2. The lowest BCUT2D eigenvalue weighted by atomic mass is 10.1. The minimum absolute atomic E-state index is 0.0156. The first-order chi connectivity index (χ1) is 16.0. The number of methoxy groups -OCH3 is 2. The van der Waals surface area contributed by atoms with E-state index in [0.29, 0.717) is 29.3 Å². The predicted octanol–water partition coefficient (Wildman–Crippen LogP) is 4.62. The molecule has 1 aliphatic heterocycles. The first-order valence-corrected chi connectivity index (χ1v) is 10.8. The van der Waals surface area contributed by atoms with Crippen LogP contribution < -0.4 is 25.0 Å². The Morgan fingerprint density at radius 1 is 0.970 bits per heavy atom. The Bertz CT molecular complexity index is 1160. The summed E-state index contributed by atoms with van der Waals surface area (Å²) in [6.45, 7) is 2.38. The summed E-state index contributed by atoms with van der Waals surface area (Å²) in [4.78, 5) is 27.4. The topological polar surface area (TPSA) is 79.9 Å². The number of carbonyl (C=O) groups is 2. The van der Waals surface area contributed by atoms with Gasteiger partial charge in [0.2, 0.25) is 0 Å². The van der Waals surface area contributed by atoms with Gasteiger partial charge in [0.15, 0.2) is 11.5 Å². The summed E-state index contributed by atoms with van der Waals surface area (Å²) < 4.78 is 10.5. The van der Waals surface area contributed by atoms with Crippen molar-refractivity contribution in [3.63, 3.8) is 0 Å². The second-order valence-electron chi connectivity index (χ2n) is 7.93. The highest BCUT2D eigenvalue weighted by Crippen LogP contribution is 2.34. The minimum Gasteiger partial charge on any atom is -0.493 e. The number of fused-ring (bicyclic) bond motifs is 1. The molecule has 33 heavy (non-hydrogen) atoms. The van der Waals surface area contributed by atoms with Crippen molar-refractivity contribution < 1.29 is 19.1 Å². The fourth-order valence-corrected chi connectivity index (χ4v) is 4.06. The van der Waals surface area contributed by atoms with Gasteiger partial charge in [-0.25, -0.2) is 4.79 Å². The molecular weight excluding hydrogens is 418 g/mol. The van der Waals surface area contributed by atoms with Gasteiger partial charge in [0.1, 0.15) is 0 Å². The van der Waals surface area contributed by atoms with Crippen molar-refractivity contribution in [2.45, 2.75) is 25.9 Å². The molecule has 1 heterocycles. The lowest BCUT2D eigenvalue weighted by Crippen LogP contribution is -2.35. The van der Waals surface area contributed by atoms with Crippen LogP contribution in [0.5, 0.6) is 11.5 Å². The van der Waals surface area contributed by atoms with Crippen molar-refractivity contribution in [1.82, 2.24) is 5.32 Å². The lowest BCUT2D eigenvalue weighted by molar-refractivity contribution is 0.0981. The predicted molar refractivity (Wildman–Crippen MR) is 128 cm³/mol. The maximum atomic E-state index is 13.1. The summed E-state index contributed by atoms with van der Waals surface area (Å²) in [5, 5.41) is 5.66. The van der Waals surface area contributed by atoms with E-state index >= 15 is 0 Å². The molecule has 7 nitrogen and oxygen atoms in total. The number of amides is 3. The normalized spacial score (nSPS) is 14.4. The number of anilines is 2. The molecule has 1 aliphatic rings. The second-order valence-corrected chi connectivity index (χ2v) is 7.93. The average Bonchev–Trinajstić information content (AvgIpc) is 3.17. The maximum absolute atomic E-state index is 13.1. The van der Waals surface area contributed by atoms with Gasteiger partial charge in [-0.1, -0.05) is 30.3 Å². The van der Waals surface area contributed by atoms with E-state index in [9.17, 15) is 9.59 Å². The van der Waals surface area contributed by atoms with Crippen LogP contribution in [0.4, 0.5) is 16.2 Å². The molecule has 3 aromatic carbocycles. The monoisotopic (exact) mass is 445 g/mol. The van der Waals surface area contributed by atoms with Crippen LogP contribution in [0, 0.1) is 0 Å². The van der Waals surface area contributed by atoms with Crippen LogP contribution in [-0.2, 0) is 13.0 Å². The van der Waals surface area contributed by atoms with Crippen molar-refractivity contribution in [3.05, 3.63) is 83.4 Å².